The smallest absolute Gasteiger partial charge is 0.471 e. The number of oxime groups is 1. The van der Waals surface area contributed by atoms with E-state index in [1.165, 1.54) is 5.38 Å². The third-order valence-electron chi connectivity index (χ3n) is 3.41. The maximum atomic E-state index is 12.3. The molecular weight excluding hydrogens is 419 g/mol. The van der Waals surface area contributed by atoms with Crippen molar-refractivity contribution in [1.29, 1.82) is 0 Å². The van der Waals surface area contributed by atoms with Gasteiger partial charge in [-0.2, -0.15) is 13.2 Å². The number of thiazole rings is 1. The highest BCUT2D eigenvalue weighted by atomic mass is 32.2. The number of aromatic nitrogens is 1. The predicted molar refractivity (Wildman–Crippen MR) is 96.5 cm³/mol. The number of benzene rings is 1. The molecule has 12 heteroatoms. The highest BCUT2D eigenvalue weighted by molar-refractivity contribution is 8.00. The van der Waals surface area contributed by atoms with Crippen LogP contribution in [0.4, 0.5) is 18.3 Å². The van der Waals surface area contributed by atoms with Crippen LogP contribution in [0.3, 0.4) is 0 Å². The molecule has 3 rings (SSSR count). The van der Waals surface area contributed by atoms with E-state index in [4.69, 9.17) is 4.84 Å². The van der Waals surface area contributed by atoms with Gasteiger partial charge in [-0.15, -0.1) is 23.1 Å². The van der Waals surface area contributed by atoms with Crippen molar-refractivity contribution in [3.63, 3.8) is 0 Å². The van der Waals surface area contributed by atoms with Crippen molar-refractivity contribution >= 4 is 45.8 Å². The summed E-state index contributed by atoms with van der Waals surface area (Å²) in [6.07, 6.45) is -4.67. The van der Waals surface area contributed by atoms with Gasteiger partial charge in [0.2, 0.25) is 5.71 Å². The molecule has 2 aromatic rings. The topological polar surface area (TPSA) is 101 Å². The molecule has 7 nitrogen and oxygen atoms in total. The van der Waals surface area contributed by atoms with Crippen LogP contribution in [0.5, 0.6) is 0 Å². The Labute approximate surface area is 164 Å². The zero-order valence-corrected chi connectivity index (χ0v) is 15.5. The monoisotopic (exact) mass is 431 g/mol. The Morgan fingerprint density at radius 1 is 1.32 bits per heavy atom. The van der Waals surface area contributed by atoms with E-state index in [2.05, 4.69) is 10.1 Å². The molecule has 2 unspecified atom stereocenters. The van der Waals surface area contributed by atoms with Crippen LogP contribution in [0.1, 0.15) is 12.1 Å². The maximum absolute atomic E-state index is 12.3. The van der Waals surface area contributed by atoms with Crippen LogP contribution in [0.2, 0.25) is 0 Å². The number of aliphatic carboxylic acids is 1. The first-order chi connectivity index (χ1) is 13.2. The molecule has 1 amide bonds. The van der Waals surface area contributed by atoms with Crippen LogP contribution in [-0.4, -0.2) is 45.2 Å². The van der Waals surface area contributed by atoms with Crippen LogP contribution >= 0.6 is 23.1 Å². The van der Waals surface area contributed by atoms with Crippen molar-refractivity contribution in [3.8, 4) is 0 Å². The highest BCUT2D eigenvalue weighted by Gasteiger charge is 2.41. The lowest BCUT2D eigenvalue weighted by Crippen LogP contribution is -2.29. The lowest BCUT2D eigenvalue weighted by Gasteiger charge is -2.04. The Morgan fingerprint density at radius 3 is 2.68 bits per heavy atom. The average Bonchev–Trinajstić information content (AvgIpc) is 3.19. The Bertz CT molecular complexity index is 902. The molecule has 1 aromatic carbocycles. The molecule has 1 aromatic heterocycles. The molecule has 1 aliphatic carbocycles. The van der Waals surface area contributed by atoms with E-state index in [-0.39, 0.29) is 17.0 Å². The summed E-state index contributed by atoms with van der Waals surface area (Å²) in [7, 11) is 0. The highest BCUT2D eigenvalue weighted by Crippen LogP contribution is 2.41. The second-order valence-corrected chi connectivity index (χ2v) is 7.75. The zero-order chi connectivity index (χ0) is 20.3. The summed E-state index contributed by atoms with van der Waals surface area (Å²) in [4.78, 5) is 32.2. The number of anilines is 1. The fourth-order valence-electron chi connectivity index (χ4n) is 1.98. The van der Waals surface area contributed by atoms with Crippen LogP contribution in [-0.2, 0) is 14.4 Å². The van der Waals surface area contributed by atoms with E-state index in [9.17, 15) is 27.9 Å². The number of rotatable bonds is 7. The number of nitrogens with one attached hydrogen (secondary N) is 1. The standard InChI is InChI=1S/C16H12F3N3O4S2/c17-16(18,19)14(25)21-15-20-9(7-27-15)12(13(23)24)22-26-10-6-11(10)28-8-4-2-1-3-5-8/h1-5,7,10-11H,6H2,(H,23,24)(H,20,21,25)/b22-12+. The fraction of sp³-hybridized carbons (Fsp3) is 0.250. The Morgan fingerprint density at radius 2 is 2.04 bits per heavy atom. The van der Waals surface area contributed by atoms with Gasteiger partial charge in [0.25, 0.3) is 0 Å². The molecule has 2 atom stereocenters. The number of hydrogen-bond donors (Lipinski definition) is 2. The summed E-state index contributed by atoms with van der Waals surface area (Å²) in [6, 6.07) is 9.58. The molecule has 1 aliphatic rings. The van der Waals surface area contributed by atoms with Gasteiger partial charge in [-0.1, -0.05) is 23.4 Å². The quantitative estimate of drug-likeness (QED) is 0.515. The van der Waals surface area contributed by atoms with E-state index in [1.807, 2.05) is 30.3 Å². The van der Waals surface area contributed by atoms with Crippen molar-refractivity contribution < 1.29 is 32.7 Å². The maximum Gasteiger partial charge on any atom is 0.471 e. The van der Waals surface area contributed by atoms with E-state index in [0.717, 1.165) is 4.90 Å². The molecule has 0 radical (unpaired) electrons. The Balaban J connectivity index is 1.61. The minimum atomic E-state index is -5.07. The molecule has 1 heterocycles. The molecule has 0 spiro atoms. The second kappa shape index (κ2) is 8.19. The van der Waals surface area contributed by atoms with Gasteiger partial charge in [-0.05, 0) is 12.1 Å². The SMILES string of the molecule is O=C(O)/C(=N/OC1CC1Sc1ccccc1)c1csc(NC(=O)C(F)(F)F)n1. The molecule has 1 fully saturated rings. The van der Waals surface area contributed by atoms with Gasteiger partial charge in [-0.25, -0.2) is 9.78 Å². The Hall–Kier alpha value is -2.60. The number of amides is 1. The number of carboxylic acid groups (broad SMARTS) is 1. The number of thioether (sulfide) groups is 1. The number of carbonyl (C=O) groups excluding carboxylic acids is 1. The van der Waals surface area contributed by atoms with Gasteiger partial charge in [0, 0.05) is 16.7 Å². The molecule has 0 bridgehead atoms. The molecular formula is C16H12F3N3O4S2. The summed E-state index contributed by atoms with van der Waals surface area (Å²) < 4.78 is 36.8. The van der Waals surface area contributed by atoms with E-state index in [1.54, 1.807) is 17.1 Å². The lowest BCUT2D eigenvalue weighted by atomic mass is 10.3. The van der Waals surface area contributed by atoms with Crippen molar-refractivity contribution in [2.75, 3.05) is 5.32 Å². The number of halogens is 3. The number of carboxylic acids is 1. The summed E-state index contributed by atoms with van der Waals surface area (Å²) >= 11 is 2.22. The lowest BCUT2D eigenvalue weighted by molar-refractivity contribution is -0.167. The summed E-state index contributed by atoms with van der Waals surface area (Å²) in [6.45, 7) is 0. The molecule has 0 saturated heterocycles. The van der Waals surface area contributed by atoms with Crippen molar-refractivity contribution in [2.45, 2.75) is 28.8 Å². The normalized spacial score (nSPS) is 19.2. The Kier molecular flexibility index (Phi) is 5.89. The number of nitrogens with zero attached hydrogens (tertiary/aromatic N) is 2. The van der Waals surface area contributed by atoms with Gasteiger partial charge < -0.3 is 9.94 Å². The minimum absolute atomic E-state index is 0.123. The van der Waals surface area contributed by atoms with Crippen LogP contribution in [0.15, 0.2) is 45.8 Å². The van der Waals surface area contributed by atoms with Crippen molar-refractivity contribution in [3.05, 3.63) is 41.4 Å². The number of hydrogen-bond acceptors (Lipinski definition) is 7. The molecule has 2 N–H and O–H groups in total. The zero-order valence-electron chi connectivity index (χ0n) is 13.8. The summed E-state index contributed by atoms with van der Waals surface area (Å²) in [5.74, 6) is -3.65. The van der Waals surface area contributed by atoms with E-state index >= 15 is 0 Å². The largest absolute Gasteiger partial charge is 0.476 e. The summed E-state index contributed by atoms with van der Waals surface area (Å²) in [5.41, 5.74) is -0.762. The fourth-order valence-corrected chi connectivity index (χ4v) is 3.82. The molecule has 148 valence electrons. The number of alkyl halides is 3. The van der Waals surface area contributed by atoms with E-state index in [0.29, 0.717) is 17.8 Å². The third-order valence-corrected chi connectivity index (χ3v) is 5.51. The second-order valence-electron chi connectivity index (χ2n) is 5.58. The van der Waals surface area contributed by atoms with Gasteiger partial charge in [-0.3, -0.25) is 10.1 Å². The first-order valence-electron chi connectivity index (χ1n) is 7.77. The van der Waals surface area contributed by atoms with Gasteiger partial charge in [0.1, 0.15) is 11.8 Å². The van der Waals surface area contributed by atoms with Crippen LogP contribution < -0.4 is 5.32 Å². The first-order valence-corrected chi connectivity index (χ1v) is 9.53. The predicted octanol–water partition coefficient (Wildman–Crippen LogP) is 3.38. The summed E-state index contributed by atoms with van der Waals surface area (Å²) in [5, 5.41) is 15.3. The average molecular weight is 431 g/mol. The van der Waals surface area contributed by atoms with Gasteiger partial charge >= 0.3 is 18.1 Å². The number of carbonyl (C=O) groups is 2. The van der Waals surface area contributed by atoms with Crippen molar-refractivity contribution in [1.82, 2.24) is 4.98 Å². The van der Waals surface area contributed by atoms with Gasteiger partial charge in [0.15, 0.2) is 5.13 Å². The van der Waals surface area contributed by atoms with Crippen molar-refractivity contribution in [2.24, 2.45) is 5.16 Å². The van der Waals surface area contributed by atoms with Crippen LogP contribution in [0, 0.1) is 0 Å². The molecule has 0 aliphatic heterocycles. The van der Waals surface area contributed by atoms with E-state index < -0.39 is 28.9 Å². The van der Waals surface area contributed by atoms with Crippen LogP contribution in [0.25, 0.3) is 0 Å². The molecule has 28 heavy (non-hydrogen) atoms. The minimum Gasteiger partial charge on any atom is -0.476 e. The third kappa shape index (κ3) is 5.23. The van der Waals surface area contributed by atoms with Gasteiger partial charge in [0.05, 0.1) is 5.25 Å². The molecule has 1 saturated carbocycles. The first kappa shape index (κ1) is 20.1.